The van der Waals surface area contributed by atoms with Crippen LogP contribution in [0.2, 0.25) is 0 Å². The van der Waals surface area contributed by atoms with Crippen molar-refractivity contribution in [3.8, 4) is 11.5 Å². The minimum absolute atomic E-state index is 0.0400. The highest BCUT2D eigenvalue weighted by molar-refractivity contribution is 5.95. The second-order valence-electron chi connectivity index (χ2n) is 16.2. The highest BCUT2D eigenvalue weighted by atomic mass is 16.8. The Hall–Kier alpha value is -3.90. The number of hydrogen-bond acceptors (Lipinski definition) is 22. The summed E-state index contributed by atoms with van der Waals surface area (Å²) in [6, 6.07) is 0.586. The summed E-state index contributed by atoms with van der Waals surface area (Å²) < 4.78 is 44.8. The number of hydrogen-bond donors (Lipinski definition) is 13. The van der Waals surface area contributed by atoms with Gasteiger partial charge in [-0.1, -0.05) is 25.7 Å². The lowest BCUT2D eigenvalue weighted by Gasteiger charge is -2.51. The van der Waals surface area contributed by atoms with Crippen LogP contribution in [0.25, 0.3) is 0 Å². The molecule has 2 amide bonds. The van der Waals surface area contributed by atoms with Crippen LogP contribution in [0, 0.1) is 0 Å². The fraction of sp³-hybridized carbons (Fsp3) is 0.756. The van der Waals surface area contributed by atoms with Crippen molar-refractivity contribution in [2.75, 3.05) is 40.6 Å². The van der Waals surface area contributed by atoms with E-state index in [0.717, 1.165) is 26.2 Å². The smallest absolute Gasteiger partial charge is 0.364 e. The number of phenols is 1. The number of carbonyl (C=O) groups excluding carboxylic acids is 3. The van der Waals surface area contributed by atoms with Gasteiger partial charge in [0.1, 0.15) is 67.1 Å². The van der Waals surface area contributed by atoms with E-state index in [1.807, 2.05) is 0 Å². The van der Waals surface area contributed by atoms with Crippen LogP contribution in [0.4, 0.5) is 0 Å². The number of carboxylic acid groups (broad SMARTS) is 1. The summed E-state index contributed by atoms with van der Waals surface area (Å²) in [6.45, 7) is -1.88. The molecule has 376 valence electrons. The SMILES string of the molecule is COC(=O)CCCCCCCCO[C@@H]1OC(CO)[C@H](OC2OC(CO)[C@@H](O)C(O[C@]3(C(=O)O)CC(O)[C@@H](NC(C)=O)C(C(O)C(O)CO)O3)C2O)C(O)C1NC(=O)c1ccc(O)c(OC)c1. The standard InChI is InChI=1S/C41H64N2O23/c1-19(47)42-28-22(49)15-41(40(57)58,65-35(28)30(52)23(50)16-44)66-36-31(53)25(17-45)62-39(33(36)55)64-34-26(18-46)63-38(61-13-9-7-5-4-6-8-10-27(51)60-3)29(32(34)54)43-37(56)20-11-12-21(48)24(14-20)59-2/h11-12,14,22-23,25-26,28-36,38-39,44-46,48-50,52-55H,4-10,13,15-18H2,1-3H3,(H,42,47)(H,43,56)(H,57,58)/t22?,23?,25?,26?,28-,29?,30?,31-,32?,33?,34+,35?,36?,38-,39?,41+/m1/s1. The molecule has 3 fully saturated rings. The fourth-order valence-corrected chi connectivity index (χ4v) is 7.89. The van der Waals surface area contributed by atoms with Crippen molar-refractivity contribution in [1.29, 1.82) is 0 Å². The quantitative estimate of drug-likeness (QED) is 0.0346. The van der Waals surface area contributed by atoms with E-state index < -0.39 is 142 Å². The second kappa shape index (κ2) is 25.5. The molecule has 4 rings (SSSR count). The van der Waals surface area contributed by atoms with E-state index >= 15 is 0 Å². The number of benzene rings is 1. The molecule has 13 N–H and O–H groups in total. The number of methoxy groups -OCH3 is 2. The number of amides is 2. The lowest BCUT2D eigenvalue weighted by Crippen LogP contribution is -2.71. The van der Waals surface area contributed by atoms with Gasteiger partial charge in [-0.3, -0.25) is 14.4 Å². The number of esters is 1. The number of unbranched alkanes of at least 4 members (excludes halogenated alkanes) is 5. The topological polar surface area (TPSA) is 389 Å². The van der Waals surface area contributed by atoms with Crippen LogP contribution in [-0.4, -0.2) is 218 Å². The summed E-state index contributed by atoms with van der Waals surface area (Å²) in [7, 11) is 2.58. The number of aliphatic hydroxyl groups is 9. The zero-order chi connectivity index (χ0) is 48.9. The van der Waals surface area contributed by atoms with Crippen molar-refractivity contribution in [2.24, 2.45) is 0 Å². The van der Waals surface area contributed by atoms with Gasteiger partial charge in [0.2, 0.25) is 5.91 Å². The monoisotopic (exact) mass is 952 g/mol. The maximum atomic E-state index is 13.6. The molecule has 0 aromatic heterocycles. The molecule has 25 heteroatoms. The molecule has 1 aromatic carbocycles. The van der Waals surface area contributed by atoms with E-state index in [1.54, 1.807) is 0 Å². The van der Waals surface area contributed by atoms with Crippen LogP contribution >= 0.6 is 0 Å². The number of carboxylic acids is 1. The van der Waals surface area contributed by atoms with E-state index in [2.05, 4.69) is 15.4 Å². The van der Waals surface area contributed by atoms with Gasteiger partial charge in [0.15, 0.2) is 24.1 Å². The van der Waals surface area contributed by atoms with Crippen molar-refractivity contribution >= 4 is 23.8 Å². The molecule has 0 saturated carbocycles. The van der Waals surface area contributed by atoms with Gasteiger partial charge in [0, 0.05) is 31.9 Å². The summed E-state index contributed by atoms with van der Waals surface area (Å²) in [5.74, 6) is -7.29. The third kappa shape index (κ3) is 13.6. The van der Waals surface area contributed by atoms with Crippen molar-refractivity contribution < 1.29 is 113 Å². The van der Waals surface area contributed by atoms with Crippen LogP contribution in [0.1, 0.15) is 68.6 Å². The van der Waals surface area contributed by atoms with E-state index in [1.165, 1.54) is 32.4 Å². The van der Waals surface area contributed by atoms with E-state index in [0.29, 0.717) is 25.7 Å². The molecule has 66 heavy (non-hydrogen) atoms. The Morgan fingerprint density at radius 3 is 2.09 bits per heavy atom. The number of aliphatic carboxylic acids is 1. The predicted octanol–water partition coefficient (Wildman–Crippen LogP) is -4.14. The van der Waals surface area contributed by atoms with Crippen LogP contribution in [-0.2, 0) is 47.5 Å². The zero-order valence-electron chi connectivity index (χ0n) is 36.7. The normalized spacial score (nSPS) is 33.3. The number of nitrogens with one attached hydrogen (secondary N) is 2. The number of ether oxygens (including phenoxy) is 8. The Labute approximate surface area is 379 Å². The van der Waals surface area contributed by atoms with Crippen molar-refractivity contribution in [3.05, 3.63) is 23.8 Å². The molecule has 3 heterocycles. The molecular formula is C41H64N2O23. The van der Waals surface area contributed by atoms with E-state index in [9.17, 15) is 75.3 Å². The summed E-state index contributed by atoms with van der Waals surface area (Å²) in [5.41, 5.74) is -0.0400. The zero-order valence-corrected chi connectivity index (χ0v) is 36.7. The number of aliphatic hydroxyl groups excluding tert-OH is 9. The number of phenolic OH excluding ortho intramolecular Hbond substituents is 1. The average Bonchev–Trinajstić information content (AvgIpc) is 3.29. The summed E-state index contributed by atoms with van der Waals surface area (Å²) in [4.78, 5) is 49.9. The first-order chi connectivity index (χ1) is 31.4. The fourth-order valence-electron chi connectivity index (χ4n) is 7.89. The largest absolute Gasteiger partial charge is 0.504 e. The summed E-state index contributed by atoms with van der Waals surface area (Å²) in [5, 5.41) is 123. The van der Waals surface area contributed by atoms with Crippen LogP contribution in [0.15, 0.2) is 18.2 Å². The molecule has 0 spiro atoms. The molecule has 11 unspecified atom stereocenters. The van der Waals surface area contributed by atoms with Crippen LogP contribution < -0.4 is 15.4 Å². The van der Waals surface area contributed by atoms with E-state index in [-0.39, 0.29) is 29.6 Å². The highest BCUT2D eigenvalue weighted by Gasteiger charge is 2.60. The minimum atomic E-state index is -3.09. The number of aromatic hydroxyl groups is 1. The second-order valence-corrected chi connectivity index (χ2v) is 16.2. The number of rotatable bonds is 24. The van der Waals surface area contributed by atoms with Gasteiger partial charge in [0.05, 0.1) is 46.2 Å². The Morgan fingerprint density at radius 1 is 0.833 bits per heavy atom. The Morgan fingerprint density at radius 2 is 1.48 bits per heavy atom. The van der Waals surface area contributed by atoms with Gasteiger partial charge in [0.25, 0.3) is 11.7 Å². The maximum Gasteiger partial charge on any atom is 0.364 e. The summed E-state index contributed by atoms with van der Waals surface area (Å²) in [6.07, 6.45) is -21.4. The van der Waals surface area contributed by atoms with Crippen molar-refractivity contribution in [2.45, 2.75) is 156 Å². The molecule has 3 aliphatic heterocycles. The Bertz CT molecular complexity index is 1730. The molecule has 25 nitrogen and oxygen atoms in total. The van der Waals surface area contributed by atoms with Gasteiger partial charge in [-0.05, 0) is 31.0 Å². The molecule has 16 atom stereocenters. The van der Waals surface area contributed by atoms with Gasteiger partial charge in [-0.15, -0.1) is 0 Å². The molecule has 0 radical (unpaired) electrons. The molecule has 0 aliphatic carbocycles. The molecule has 1 aromatic rings. The van der Waals surface area contributed by atoms with Gasteiger partial charge in [-0.2, -0.15) is 0 Å². The summed E-state index contributed by atoms with van der Waals surface area (Å²) >= 11 is 0. The van der Waals surface area contributed by atoms with Crippen molar-refractivity contribution in [3.63, 3.8) is 0 Å². The molecule has 0 bridgehead atoms. The van der Waals surface area contributed by atoms with E-state index in [4.69, 9.17) is 33.2 Å². The highest BCUT2D eigenvalue weighted by Crippen LogP contribution is 2.38. The predicted molar refractivity (Wildman–Crippen MR) is 218 cm³/mol. The van der Waals surface area contributed by atoms with Gasteiger partial charge >= 0.3 is 11.9 Å². The lowest BCUT2D eigenvalue weighted by molar-refractivity contribution is -0.382. The Balaban J connectivity index is 1.59. The molecular weight excluding hydrogens is 888 g/mol. The first kappa shape index (κ1) is 54.7. The van der Waals surface area contributed by atoms with Crippen LogP contribution in [0.5, 0.6) is 11.5 Å². The number of carbonyl (C=O) groups is 4. The molecule has 3 aliphatic rings. The Kier molecular flexibility index (Phi) is 21.1. The van der Waals surface area contributed by atoms with Crippen LogP contribution in [0.3, 0.4) is 0 Å². The van der Waals surface area contributed by atoms with Crippen molar-refractivity contribution in [1.82, 2.24) is 10.6 Å². The first-order valence-electron chi connectivity index (χ1n) is 21.5. The third-order valence-electron chi connectivity index (χ3n) is 11.5. The van der Waals surface area contributed by atoms with Gasteiger partial charge in [-0.25, -0.2) is 4.79 Å². The van der Waals surface area contributed by atoms with Gasteiger partial charge < -0.3 is 105 Å². The first-order valence-corrected chi connectivity index (χ1v) is 21.5. The minimum Gasteiger partial charge on any atom is -0.504 e. The molecule has 3 saturated heterocycles. The average molecular weight is 953 g/mol. The lowest BCUT2D eigenvalue weighted by atomic mass is 9.88. The third-order valence-corrected chi connectivity index (χ3v) is 11.5. The maximum absolute atomic E-state index is 13.6.